The zero-order valence-corrected chi connectivity index (χ0v) is 12.0. The monoisotopic (exact) mass is 292 g/mol. The topological polar surface area (TPSA) is 82.3 Å². The molecule has 20 heavy (non-hydrogen) atoms. The number of benzene rings is 1. The average Bonchev–Trinajstić information content (AvgIpc) is 2.81. The molecule has 0 aliphatic heterocycles. The lowest BCUT2D eigenvalue weighted by Gasteiger charge is -2.08. The molecule has 0 radical (unpaired) electrons. The first-order valence-corrected chi connectivity index (χ1v) is 7.21. The molecule has 1 aromatic heterocycles. The molecule has 0 spiro atoms. The molecule has 1 aromatic carbocycles. The number of aromatic nitrogens is 1. The second-order valence-corrected chi connectivity index (χ2v) is 5.58. The fraction of sp³-hybridized carbons (Fsp3) is 0.357. The zero-order chi connectivity index (χ0) is 14.5. The van der Waals surface area contributed by atoms with E-state index in [1.165, 1.54) is 6.92 Å². The van der Waals surface area contributed by atoms with E-state index in [9.17, 15) is 9.59 Å². The molecule has 2 aromatic rings. The SMILES string of the molecule is C[C@@H](OC(=O)CCCc1nc2ccccc2s1)C(N)=O. The highest BCUT2D eigenvalue weighted by Crippen LogP contribution is 2.22. The highest BCUT2D eigenvalue weighted by atomic mass is 32.1. The molecule has 5 nitrogen and oxygen atoms in total. The second-order valence-electron chi connectivity index (χ2n) is 4.46. The summed E-state index contributed by atoms with van der Waals surface area (Å²) >= 11 is 1.63. The van der Waals surface area contributed by atoms with Gasteiger partial charge in [-0.15, -0.1) is 11.3 Å². The molecule has 2 rings (SSSR count). The van der Waals surface area contributed by atoms with Gasteiger partial charge >= 0.3 is 5.97 Å². The largest absolute Gasteiger partial charge is 0.453 e. The Labute approximate surface area is 120 Å². The third kappa shape index (κ3) is 3.77. The molecule has 0 saturated heterocycles. The summed E-state index contributed by atoms with van der Waals surface area (Å²) in [5.74, 6) is -1.04. The molecule has 0 aliphatic rings. The number of rotatable bonds is 6. The van der Waals surface area contributed by atoms with Crippen LogP contribution in [0.3, 0.4) is 0 Å². The Bertz CT molecular complexity index is 591. The molecule has 1 heterocycles. The van der Waals surface area contributed by atoms with Crippen LogP contribution < -0.4 is 5.73 Å². The molecule has 0 aliphatic carbocycles. The summed E-state index contributed by atoms with van der Waals surface area (Å²) < 4.78 is 6.02. The summed E-state index contributed by atoms with van der Waals surface area (Å²) in [5, 5.41) is 1.00. The van der Waals surface area contributed by atoms with Gasteiger partial charge in [0.25, 0.3) is 5.91 Å². The first-order chi connectivity index (χ1) is 9.56. The second kappa shape index (κ2) is 6.47. The summed E-state index contributed by atoms with van der Waals surface area (Å²) in [4.78, 5) is 26.7. The maximum Gasteiger partial charge on any atom is 0.306 e. The van der Waals surface area contributed by atoms with E-state index in [0.717, 1.165) is 21.6 Å². The van der Waals surface area contributed by atoms with Gasteiger partial charge in [-0.3, -0.25) is 9.59 Å². The van der Waals surface area contributed by atoms with Gasteiger partial charge in [-0.05, 0) is 31.9 Å². The predicted molar refractivity (Wildman–Crippen MR) is 77.3 cm³/mol. The first kappa shape index (κ1) is 14.5. The predicted octanol–water partition coefficient (Wildman–Crippen LogP) is 2.04. The molecule has 1 amide bonds. The van der Waals surface area contributed by atoms with Crippen LogP contribution in [0.2, 0.25) is 0 Å². The molecule has 1 atom stereocenters. The molecule has 0 saturated carbocycles. The number of nitrogens with two attached hydrogens (primary N) is 1. The summed E-state index contributed by atoms with van der Waals surface area (Å²) in [7, 11) is 0. The summed E-state index contributed by atoms with van der Waals surface area (Å²) in [6, 6.07) is 7.93. The number of aryl methyl sites for hydroxylation is 1. The number of carbonyl (C=O) groups is 2. The highest BCUT2D eigenvalue weighted by molar-refractivity contribution is 7.18. The van der Waals surface area contributed by atoms with Crippen molar-refractivity contribution in [1.29, 1.82) is 0 Å². The number of esters is 1. The Morgan fingerprint density at radius 3 is 2.85 bits per heavy atom. The number of carbonyl (C=O) groups excluding carboxylic acids is 2. The van der Waals surface area contributed by atoms with Gasteiger partial charge in [-0.1, -0.05) is 12.1 Å². The van der Waals surface area contributed by atoms with Gasteiger partial charge in [-0.2, -0.15) is 0 Å². The van der Waals surface area contributed by atoms with Crippen LogP contribution in [0.1, 0.15) is 24.8 Å². The van der Waals surface area contributed by atoms with Crippen LogP contribution in [-0.2, 0) is 20.7 Å². The lowest BCUT2D eigenvalue weighted by atomic mass is 10.2. The van der Waals surface area contributed by atoms with Gasteiger partial charge in [0.15, 0.2) is 6.10 Å². The van der Waals surface area contributed by atoms with Crippen LogP contribution in [0.25, 0.3) is 10.2 Å². The molecule has 6 heteroatoms. The maximum atomic E-state index is 11.5. The molecule has 2 N–H and O–H groups in total. The number of nitrogens with zero attached hydrogens (tertiary/aromatic N) is 1. The van der Waals surface area contributed by atoms with Crippen molar-refractivity contribution in [2.24, 2.45) is 5.73 Å². The minimum Gasteiger partial charge on any atom is -0.453 e. The number of thiazole rings is 1. The van der Waals surface area contributed by atoms with E-state index in [1.807, 2.05) is 24.3 Å². The van der Waals surface area contributed by atoms with Crippen LogP contribution in [0.15, 0.2) is 24.3 Å². The Morgan fingerprint density at radius 2 is 2.15 bits per heavy atom. The average molecular weight is 292 g/mol. The highest BCUT2D eigenvalue weighted by Gasteiger charge is 2.14. The van der Waals surface area contributed by atoms with Crippen LogP contribution in [0.5, 0.6) is 0 Å². The number of amides is 1. The number of para-hydroxylation sites is 1. The standard InChI is InChI=1S/C14H16N2O3S/c1-9(14(15)18)19-13(17)8-4-7-12-16-10-5-2-3-6-11(10)20-12/h2-3,5-6,9H,4,7-8H2,1H3,(H2,15,18)/t9-/m1/s1. The Morgan fingerprint density at radius 1 is 1.40 bits per heavy atom. The van der Waals surface area contributed by atoms with Crippen LogP contribution >= 0.6 is 11.3 Å². The number of hydrogen-bond acceptors (Lipinski definition) is 5. The van der Waals surface area contributed by atoms with Gasteiger partial charge in [0.2, 0.25) is 0 Å². The smallest absolute Gasteiger partial charge is 0.306 e. The molecular weight excluding hydrogens is 276 g/mol. The minimum atomic E-state index is -0.870. The third-order valence-corrected chi connectivity index (χ3v) is 3.91. The van der Waals surface area contributed by atoms with Crippen molar-refractivity contribution in [1.82, 2.24) is 4.98 Å². The Hall–Kier alpha value is -1.95. The molecule has 0 unspecified atom stereocenters. The van der Waals surface area contributed by atoms with Crippen LogP contribution in [0.4, 0.5) is 0 Å². The van der Waals surface area contributed by atoms with E-state index in [4.69, 9.17) is 10.5 Å². The minimum absolute atomic E-state index is 0.257. The molecule has 0 bridgehead atoms. The Kier molecular flexibility index (Phi) is 4.68. The van der Waals surface area contributed by atoms with Gasteiger partial charge in [0.05, 0.1) is 15.2 Å². The van der Waals surface area contributed by atoms with Crippen molar-refractivity contribution >= 4 is 33.4 Å². The van der Waals surface area contributed by atoms with Gasteiger partial charge in [0, 0.05) is 6.42 Å². The van der Waals surface area contributed by atoms with E-state index in [0.29, 0.717) is 6.42 Å². The number of primary amides is 1. The lowest BCUT2D eigenvalue weighted by molar-refractivity contribution is -0.153. The van der Waals surface area contributed by atoms with Gasteiger partial charge in [-0.25, -0.2) is 4.98 Å². The van der Waals surface area contributed by atoms with Crippen LogP contribution in [-0.4, -0.2) is 23.0 Å². The Balaban J connectivity index is 1.81. The van der Waals surface area contributed by atoms with Crippen molar-refractivity contribution in [3.8, 4) is 0 Å². The van der Waals surface area contributed by atoms with E-state index < -0.39 is 18.0 Å². The van der Waals surface area contributed by atoms with Crippen LogP contribution in [0, 0.1) is 0 Å². The first-order valence-electron chi connectivity index (χ1n) is 6.39. The van der Waals surface area contributed by atoms with Crippen molar-refractivity contribution < 1.29 is 14.3 Å². The number of ether oxygens (including phenoxy) is 1. The molecule has 0 fully saturated rings. The fourth-order valence-electron chi connectivity index (χ4n) is 1.72. The lowest BCUT2D eigenvalue weighted by Crippen LogP contribution is -2.30. The van der Waals surface area contributed by atoms with Crippen molar-refractivity contribution in [3.05, 3.63) is 29.3 Å². The van der Waals surface area contributed by atoms with E-state index >= 15 is 0 Å². The zero-order valence-electron chi connectivity index (χ0n) is 11.2. The maximum absolute atomic E-state index is 11.5. The third-order valence-electron chi connectivity index (χ3n) is 2.82. The van der Waals surface area contributed by atoms with E-state index in [2.05, 4.69) is 4.98 Å². The normalized spacial score (nSPS) is 12.2. The number of hydrogen-bond donors (Lipinski definition) is 1. The van der Waals surface area contributed by atoms with Gasteiger partial charge < -0.3 is 10.5 Å². The van der Waals surface area contributed by atoms with Crippen molar-refractivity contribution in [2.75, 3.05) is 0 Å². The summed E-state index contributed by atoms with van der Waals surface area (Å²) in [5.41, 5.74) is 6.01. The summed E-state index contributed by atoms with van der Waals surface area (Å²) in [6.45, 7) is 1.47. The van der Waals surface area contributed by atoms with E-state index in [1.54, 1.807) is 11.3 Å². The van der Waals surface area contributed by atoms with Crippen molar-refractivity contribution in [3.63, 3.8) is 0 Å². The molecular formula is C14H16N2O3S. The van der Waals surface area contributed by atoms with Crippen molar-refractivity contribution in [2.45, 2.75) is 32.3 Å². The van der Waals surface area contributed by atoms with Gasteiger partial charge in [0.1, 0.15) is 0 Å². The molecule has 106 valence electrons. The summed E-state index contributed by atoms with van der Waals surface area (Å²) in [6.07, 6.45) is 0.752. The number of fused-ring (bicyclic) bond motifs is 1. The quantitative estimate of drug-likeness (QED) is 0.826. The van der Waals surface area contributed by atoms with E-state index in [-0.39, 0.29) is 6.42 Å². The fourth-order valence-corrected chi connectivity index (χ4v) is 2.73.